The van der Waals surface area contributed by atoms with Gasteiger partial charge in [-0.2, -0.15) is 0 Å². The van der Waals surface area contributed by atoms with Gasteiger partial charge in [0.05, 0.1) is 11.2 Å². The zero-order valence-corrected chi connectivity index (χ0v) is 12.3. The molecule has 4 heteroatoms. The minimum absolute atomic E-state index is 0.804. The van der Waals surface area contributed by atoms with E-state index < -0.39 is 0 Å². The number of benzene rings is 1. The first-order valence-electron chi connectivity index (χ1n) is 5.92. The molecule has 0 atom stereocenters. The Kier molecular flexibility index (Phi) is 4.93. The van der Waals surface area contributed by atoms with Crippen LogP contribution in [0.15, 0.2) is 59.5 Å². The van der Waals surface area contributed by atoms with Gasteiger partial charge in [0.15, 0.2) is 0 Å². The fraction of sp³-hybridized carbons (Fsp3) is 0.133. The van der Waals surface area contributed by atoms with E-state index in [4.69, 9.17) is 5.73 Å². The molecule has 1 aromatic heterocycles. The smallest absolute Gasteiger partial charge is 0.0859 e. The molecular formula is C15H16N2S2. The van der Waals surface area contributed by atoms with Gasteiger partial charge in [-0.15, -0.1) is 36.7 Å². The molecule has 2 rings (SSSR count). The summed E-state index contributed by atoms with van der Waals surface area (Å²) in [6.45, 7) is 7.51. The summed E-state index contributed by atoms with van der Waals surface area (Å²) in [5, 5.41) is 1.02. The lowest BCUT2D eigenvalue weighted by Gasteiger charge is -2.11. The molecule has 2 N–H and O–H groups in total. The maximum atomic E-state index is 6.23. The summed E-state index contributed by atoms with van der Waals surface area (Å²) in [5.74, 6) is 1.71. The molecular weight excluding hydrogens is 272 g/mol. The molecule has 0 aliphatic rings. The summed E-state index contributed by atoms with van der Waals surface area (Å²) in [4.78, 5) is 6.69. The second-order valence-corrected chi connectivity index (χ2v) is 6.01. The second kappa shape index (κ2) is 6.68. The number of nitrogen functional groups attached to an aromatic ring is 1. The molecule has 0 bridgehead atoms. The van der Waals surface area contributed by atoms with Crippen LogP contribution in [-0.2, 0) is 0 Å². The molecule has 1 heterocycles. The van der Waals surface area contributed by atoms with Gasteiger partial charge < -0.3 is 5.73 Å². The number of hydrogen-bond acceptors (Lipinski definition) is 4. The zero-order chi connectivity index (χ0) is 13.7. The maximum absolute atomic E-state index is 6.23. The molecule has 98 valence electrons. The van der Waals surface area contributed by atoms with Crippen molar-refractivity contribution in [3.05, 3.63) is 49.7 Å². The molecule has 0 aliphatic carbocycles. The van der Waals surface area contributed by atoms with Crippen LogP contribution in [0.4, 0.5) is 5.69 Å². The predicted octanol–water partition coefficient (Wildman–Crippen LogP) is 4.37. The standard InChI is InChI=1S/C15H16N2S2/c1-3-8-18-12-10-13(19-9-4-2)15-11(14(12)16)6-5-7-17-15/h3-7,10H,1-2,8-9,16H2. The largest absolute Gasteiger partial charge is 0.397 e. The lowest BCUT2D eigenvalue weighted by Crippen LogP contribution is -1.94. The molecule has 0 fully saturated rings. The highest BCUT2D eigenvalue weighted by Crippen LogP contribution is 2.37. The Hall–Kier alpha value is -1.39. The third-order valence-corrected chi connectivity index (χ3v) is 4.65. The maximum Gasteiger partial charge on any atom is 0.0859 e. The van der Waals surface area contributed by atoms with Crippen molar-refractivity contribution in [3.63, 3.8) is 0 Å². The Morgan fingerprint density at radius 2 is 1.84 bits per heavy atom. The summed E-state index contributed by atoms with van der Waals surface area (Å²) in [7, 11) is 0. The van der Waals surface area contributed by atoms with Crippen molar-refractivity contribution < 1.29 is 0 Å². The topological polar surface area (TPSA) is 38.9 Å². The van der Waals surface area contributed by atoms with Crippen molar-refractivity contribution in [1.29, 1.82) is 0 Å². The van der Waals surface area contributed by atoms with Crippen LogP contribution in [0.3, 0.4) is 0 Å². The number of fused-ring (bicyclic) bond motifs is 1. The van der Waals surface area contributed by atoms with E-state index in [0.717, 1.165) is 37.9 Å². The van der Waals surface area contributed by atoms with Crippen LogP contribution in [-0.4, -0.2) is 16.5 Å². The van der Waals surface area contributed by atoms with E-state index in [-0.39, 0.29) is 0 Å². The van der Waals surface area contributed by atoms with Crippen molar-refractivity contribution in [2.24, 2.45) is 0 Å². The Labute approximate surface area is 122 Å². The minimum Gasteiger partial charge on any atom is -0.397 e. The van der Waals surface area contributed by atoms with Gasteiger partial charge in [-0.05, 0) is 18.2 Å². The lowest BCUT2D eigenvalue weighted by molar-refractivity contribution is 1.31. The Morgan fingerprint density at radius 3 is 2.53 bits per heavy atom. The van der Waals surface area contributed by atoms with Crippen molar-refractivity contribution in [1.82, 2.24) is 4.98 Å². The van der Waals surface area contributed by atoms with Crippen LogP contribution in [0.25, 0.3) is 10.9 Å². The molecule has 2 aromatic rings. The molecule has 1 aromatic carbocycles. The fourth-order valence-electron chi connectivity index (χ4n) is 1.74. The van der Waals surface area contributed by atoms with Gasteiger partial charge in [-0.1, -0.05) is 12.2 Å². The number of hydrogen-bond donors (Lipinski definition) is 1. The molecule has 0 aliphatic heterocycles. The van der Waals surface area contributed by atoms with E-state index in [9.17, 15) is 0 Å². The first-order valence-corrected chi connectivity index (χ1v) is 7.89. The van der Waals surface area contributed by atoms with Gasteiger partial charge in [-0.3, -0.25) is 4.98 Å². The molecule has 0 saturated carbocycles. The third-order valence-electron chi connectivity index (χ3n) is 2.57. The van der Waals surface area contributed by atoms with Crippen molar-refractivity contribution in [2.45, 2.75) is 9.79 Å². The fourth-order valence-corrected chi connectivity index (χ4v) is 3.38. The Balaban J connectivity index is 2.54. The monoisotopic (exact) mass is 288 g/mol. The highest BCUT2D eigenvalue weighted by molar-refractivity contribution is 8.00. The molecule has 0 spiro atoms. The summed E-state index contributed by atoms with van der Waals surface area (Å²) < 4.78 is 0. The number of nitrogens with two attached hydrogens (primary N) is 1. The number of nitrogens with zero attached hydrogens (tertiary/aromatic N) is 1. The molecule has 19 heavy (non-hydrogen) atoms. The minimum atomic E-state index is 0.804. The molecule has 0 saturated heterocycles. The highest BCUT2D eigenvalue weighted by Gasteiger charge is 2.10. The van der Waals surface area contributed by atoms with Gasteiger partial charge in [0.2, 0.25) is 0 Å². The zero-order valence-electron chi connectivity index (χ0n) is 10.6. The lowest BCUT2D eigenvalue weighted by atomic mass is 10.2. The molecule has 0 amide bonds. The van der Waals surface area contributed by atoms with Gasteiger partial charge in [0.25, 0.3) is 0 Å². The number of anilines is 1. The first kappa shape index (κ1) is 14.0. The van der Waals surface area contributed by atoms with Crippen LogP contribution in [0, 0.1) is 0 Å². The highest BCUT2D eigenvalue weighted by atomic mass is 32.2. The van der Waals surface area contributed by atoms with Gasteiger partial charge in [0, 0.05) is 32.9 Å². The van der Waals surface area contributed by atoms with Crippen LogP contribution in [0.2, 0.25) is 0 Å². The van der Waals surface area contributed by atoms with Gasteiger partial charge in [-0.25, -0.2) is 0 Å². The van der Waals surface area contributed by atoms with Crippen LogP contribution >= 0.6 is 23.5 Å². The molecule has 0 unspecified atom stereocenters. The molecule has 2 nitrogen and oxygen atoms in total. The normalized spacial score (nSPS) is 10.5. The van der Waals surface area contributed by atoms with E-state index >= 15 is 0 Å². The van der Waals surface area contributed by atoms with Crippen molar-refractivity contribution in [3.8, 4) is 0 Å². The third kappa shape index (κ3) is 3.14. The molecule has 0 radical (unpaired) electrons. The van der Waals surface area contributed by atoms with Crippen molar-refractivity contribution >= 4 is 40.1 Å². The summed E-state index contributed by atoms with van der Waals surface area (Å²) >= 11 is 3.43. The summed E-state index contributed by atoms with van der Waals surface area (Å²) in [5.41, 5.74) is 8.00. The van der Waals surface area contributed by atoms with Crippen LogP contribution in [0.5, 0.6) is 0 Å². The van der Waals surface area contributed by atoms with Crippen molar-refractivity contribution in [2.75, 3.05) is 17.2 Å². The number of rotatable bonds is 6. The first-order chi connectivity index (χ1) is 9.27. The van der Waals surface area contributed by atoms with E-state index in [1.165, 1.54) is 0 Å². The number of thioether (sulfide) groups is 2. The Bertz CT molecular complexity index is 608. The van der Waals surface area contributed by atoms with E-state index in [1.54, 1.807) is 29.7 Å². The SMILES string of the molecule is C=CCSc1cc(SCC=C)c2ncccc2c1N. The predicted molar refractivity (Wildman–Crippen MR) is 88.0 cm³/mol. The Morgan fingerprint density at radius 1 is 1.16 bits per heavy atom. The summed E-state index contributed by atoms with van der Waals surface area (Å²) in [6, 6.07) is 6.06. The quantitative estimate of drug-likeness (QED) is 0.486. The average molecular weight is 288 g/mol. The van der Waals surface area contributed by atoms with E-state index in [1.807, 2.05) is 24.3 Å². The van der Waals surface area contributed by atoms with Gasteiger partial charge in [0.1, 0.15) is 0 Å². The van der Waals surface area contributed by atoms with Gasteiger partial charge >= 0.3 is 0 Å². The van der Waals surface area contributed by atoms with E-state index in [2.05, 4.69) is 24.2 Å². The second-order valence-electron chi connectivity index (χ2n) is 3.89. The number of pyridine rings is 1. The van der Waals surface area contributed by atoms with Crippen LogP contribution in [0.1, 0.15) is 0 Å². The van der Waals surface area contributed by atoms with E-state index in [0.29, 0.717) is 0 Å². The average Bonchev–Trinajstić information content (AvgIpc) is 2.45. The summed E-state index contributed by atoms with van der Waals surface area (Å²) in [6.07, 6.45) is 5.58. The van der Waals surface area contributed by atoms with Crippen LogP contribution < -0.4 is 5.73 Å². The number of aromatic nitrogens is 1.